The monoisotopic (exact) mass is 399 g/mol. The van der Waals surface area contributed by atoms with Gasteiger partial charge < -0.3 is 20.5 Å². The zero-order valence-corrected chi connectivity index (χ0v) is 17.2. The van der Waals surface area contributed by atoms with Crippen molar-refractivity contribution < 1.29 is 14.3 Å². The second-order valence-corrected chi connectivity index (χ2v) is 6.82. The predicted octanol–water partition coefficient (Wildman–Crippen LogP) is 2.64. The lowest BCUT2D eigenvalue weighted by molar-refractivity contribution is -0.131. The van der Waals surface area contributed by atoms with Gasteiger partial charge in [0, 0.05) is 18.3 Å². The summed E-state index contributed by atoms with van der Waals surface area (Å²) >= 11 is 0. The zero-order valence-electron chi connectivity index (χ0n) is 17.2. The van der Waals surface area contributed by atoms with E-state index < -0.39 is 6.04 Å². The number of amidine groups is 1. The second kappa shape index (κ2) is 9.79. The molecule has 0 aliphatic heterocycles. The number of hydrogen-bond donors (Lipinski definition) is 4. The van der Waals surface area contributed by atoms with E-state index >= 15 is 0 Å². The largest absolute Gasteiger partial charge is 0.490 e. The fourth-order valence-corrected chi connectivity index (χ4v) is 2.73. The number of amides is 1. The highest BCUT2D eigenvalue weighted by atomic mass is 16.5. The van der Waals surface area contributed by atoms with Gasteiger partial charge >= 0.3 is 0 Å². The first-order valence-corrected chi connectivity index (χ1v) is 9.39. The molecule has 2 rings (SSSR count). The lowest BCUT2D eigenvalue weighted by atomic mass is 10.0. The first-order chi connectivity index (χ1) is 13.7. The van der Waals surface area contributed by atoms with Crippen LogP contribution in [0.25, 0.3) is 0 Å². The number of nitrogens with two attached hydrogens (primary N) is 2. The molecule has 0 aliphatic carbocycles. The molecule has 1 amide bonds. The minimum atomic E-state index is -0.736. The summed E-state index contributed by atoms with van der Waals surface area (Å²) in [5.41, 5.74) is 7.47. The Kier molecular flexibility index (Phi) is 7.44. The van der Waals surface area contributed by atoms with Crippen molar-refractivity contribution >= 4 is 17.4 Å². The molecule has 0 bridgehead atoms. The Morgan fingerprint density at radius 2 is 1.83 bits per heavy atom. The van der Waals surface area contributed by atoms with Gasteiger partial charge in [-0.2, -0.15) is 0 Å². The summed E-state index contributed by atoms with van der Waals surface area (Å²) in [5.74, 6) is 6.56. The van der Waals surface area contributed by atoms with E-state index in [4.69, 9.17) is 26.5 Å². The number of carbonyl (C=O) groups excluding carboxylic acids is 1. The number of anilines is 1. The molecule has 2 aromatic rings. The topological polar surface area (TPSA) is 127 Å². The number of likely N-dealkylation sites (N-methyl/N-ethyl adjacent to an activating group) is 1. The Morgan fingerprint density at radius 3 is 2.34 bits per heavy atom. The Hall–Kier alpha value is -3.26. The van der Waals surface area contributed by atoms with Crippen LogP contribution in [-0.2, 0) is 4.79 Å². The number of carbonyl (C=O) groups is 1. The van der Waals surface area contributed by atoms with Crippen LogP contribution in [0.3, 0.4) is 0 Å². The van der Waals surface area contributed by atoms with E-state index in [-0.39, 0.29) is 17.8 Å². The van der Waals surface area contributed by atoms with Crippen molar-refractivity contribution in [2.75, 3.05) is 19.0 Å². The molecular weight excluding hydrogens is 370 g/mol. The summed E-state index contributed by atoms with van der Waals surface area (Å²) in [5, 5.41) is 11.7. The van der Waals surface area contributed by atoms with E-state index in [9.17, 15) is 4.79 Å². The molecule has 0 spiro atoms. The molecule has 0 aromatic heterocycles. The Labute approximate surface area is 171 Å². The summed E-state index contributed by atoms with van der Waals surface area (Å²) in [6.45, 7) is 6.22. The van der Waals surface area contributed by atoms with Gasteiger partial charge in [-0.3, -0.25) is 15.2 Å². The van der Waals surface area contributed by atoms with E-state index in [2.05, 4.69) is 5.32 Å². The number of benzene rings is 2. The molecule has 2 aromatic carbocycles. The molecule has 1 unspecified atom stereocenters. The van der Waals surface area contributed by atoms with Crippen LogP contribution in [0, 0.1) is 5.41 Å². The van der Waals surface area contributed by atoms with E-state index in [0.29, 0.717) is 34.9 Å². The van der Waals surface area contributed by atoms with Crippen LogP contribution in [0.1, 0.15) is 37.9 Å². The van der Waals surface area contributed by atoms with Gasteiger partial charge in [-0.15, -0.1) is 0 Å². The minimum Gasteiger partial charge on any atom is -0.490 e. The van der Waals surface area contributed by atoms with Gasteiger partial charge in [-0.25, -0.2) is 5.84 Å². The summed E-state index contributed by atoms with van der Waals surface area (Å²) < 4.78 is 11.5. The molecule has 156 valence electrons. The number of hydrogen-bond acceptors (Lipinski definition) is 6. The molecule has 8 nitrogen and oxygen atoms in total. The molecule has 0 radical (unpaired) electrons. The predicted molar refractivity (Wildman–Crippen MR) is 114 cm³/mol. The van der Waals surface area contributed by atoms with Crippen LogP contribution >= 0.6 is 0 Å². The summed E-state index contributed by atoms with van der Waals surface area (Å²) in [7, 11) is 1.50. The van der Waals surface area contributed by atoms with Gasteiger partial charge in [0.25, 0.3) is 5.91 Å². The average molecular weight is 399 g/mol. The molecule has 0 aliphatic rings. The Morgan fingerprint density at radius 1 is 1.17 bits per heavy atom. The second-order valence-electron chi connectivity index (χ2n) is 6.82. The highest BCUT2D eigenvalue weighted by Crippen LogP contribution is 2.33. The third-order valence-electron chi connectivity index (χ3n) is 4.07. The molecule has 1 atom stereocenters. The molecule has 8 heteroatoms. The number of hydrazine groups is 1. The van der Waals surface area contributed by atoms with Gasteiger partial charge in [0.2, 0.25) is 0 Å². The smallest absolute Gasteiger partial charge is 0.263 e. The maximum absolute atomic E-state index is 12.8. The van der Waals surface area contributed by atoms with Gasteiger partial charge in [0.1, 0.15) is 11.9 Å². The summed E-state index contributed by atoms with van der Waals surface area (Å²) in [4.78, 5) is 12.8. The maximum atomic E-state index is 12.8. The van der Waals surface area contributed by atoms with Crippen LogP contribution < -0.4 is 26.4 Å². The fourth-order valence-electron chi connectivity index (χ4n) is 2.73. The van der Waals surface area contributed by atoms with Crippen molar-refractivity contribution in [1.82, 2.24) is 5.01 Å². The van der Waals surface area contributed by atoms with Crippen molar-refractivity contribution in [3.05, 3.63) is 53.6 Å². The van der Waals surface area contributed by atoms with Crippen LogP contribution in [0.5, 0.6) is 11.5 Å². The highest BCUT2D eigenvalue weighted by Gasteiger charge is 2.24. The Balaban J connectivity index is 2.39. The number of rotatable bonds is 9. The van der Waals surface area contributed by atoms with Crippen LogP contribution in [0.15, 0.2) is 42.5 Å². The molecule has 0 saturated carbocycles. The SMILES string of the molecule is CCOc1cc(C(Nc2ccc(C(=N)N)cc2)C(=O)N(C)N)ccc1OC(C)C. The minimum absolute atomic E-state index is 0.00873. The quantitative estimate of drug-likeness (QED) is 0.169. The number of ether oxygens (including phenoxy) is 2. The molecule has 0 heterocycles. The van der Waals surface area contributed by atoms with Crippen LogP contribution in [0.2, 0.25) is 0 Å². The van der Waals surface area contributed by atoms with Gasteiger partial charge in [-0.1, -0.05) is 6.07 Å². The maximum Gasteiger partial charge on any atom is 0.263 e. The molecule has 29 heavy (non-hydrogen) atoms. The van der Waals surface area contributed by atoms with Crippen LogP contribution in [-0.4, -0.2) is 36.5 Å². The molecule has 6 N–H and O–H groups in total. The highest BCUT2D eigenvalue weighted by molar-refractivity contribution is 5.95. The van der Waals surface area contributed by atoms with Gasteiger partial charge in [-0.05, 0) is 62.7 Å². The van der Waals surface area contributed by atoms with Crippen molar-refractivity contribution in [3.63, 3.8) is 0 Å². The number of nitrogens with zero attached hydrogens (tertiary/aromatic N) is 1. The van der Waals surface area contributed by atoms with Crippen molar-refractivity contribution in [2.45, 2.75) is 32.9 Å². The van der Waals surface area contributed by atoms with E-state index in [0.717, 1.165) is 5.01 Å². The zero-order chi connectivity index (χ0) is 21.6. The van der Waals surface area contributed by atoms with Gasteiger partial charge in [0.15, 0.2) is 11.5 Å². The first kappa shape index (κ1) is 22.0. The standard InChI is InChI=1S/C21H29N5O3/c1-5-28-18-12-15(8-11-17(18)29-13(2)3)19(21(27)26(4)24)25-16-9-6-14(7-10-16)20(22)23/h6-13,19,25H,5,24H2,1-4H3,(H3,22,23). The third-order valence-corrected chi connectivity index (χ3v) is 4.07. The average Bonchev–Trinajstić information content (AvgIpc) is 2.67. The lowest BCUT2D eigenvalue weighted by Crippen LogP contribution is -2.39. The number of nitrogens with one attached hydrogen (secondary N) is 2. The number of nitrogen functional groups attached to an aromatic ring is 1. The Bertz CT molecular complexity index is 850. The first-order valence-electron chi connectivity index (χ1n) is 9.39. The normalized spacial score (nSPS) is 11.7. The third kappa shape index (κ3) is 5.86. The molecular formula is C21H29N5O3. The molecule has 0 fully saturated rings. The summed E-state index contributed by atoms with van der Waals surface area (Å²) in [6, 6.07) is 11.6. The van der Waals surface area contributed by atoms with Crippen molar-refractivity contribution in [3.8, 4) is 11.5 Å². The summed E-state index contributed by atoms with van der Waals surface area (Å²) in [6.07, 6.45) is -0.00873. The molecule has 0 saturated heterocycles. The van der Waals surface area contributed by atoms with E-state index in [1.165, 1.54) is 7.05 Å². The fraction of sp³-hybridized carbons (Fsp3) is 0.333. The lowest BCUT2D eigenvalue weighted by Gasteiger charge is -2.24. The van der Waals surface area contributed by atoms with Crippen LogP contribution in [0.4, 0.5) is 5.69 Å². The van der Waals surface area contributed by atoms with Crippen molar-refractivity contribution in [1.29, 1.82) is 5.41 Å². The van der Waals surface area contributed by atoms with E-state index in [1.807, 2.05) is 26.8 Å². The van der Waals surface area contributed by atoms with Crippen molar-refractivity contribution in [2.24, 2.45) is 11.6 Å². The van der Waals surface area contributed by atoms with E-state index in [1.54, 1.807) is 36.4 Å². The van der Waals surface area contributed by atoms with Gasteiger partial charge in [0.05, 0.1) is 12.7 Å².